The van der Waals surface area contributed by atoms with Crippen LogP contribution < -0.4 is 0 Å². The van der Waals surface area contributed by atoms with Gasteiger partial charge in [-0.2, -0.15) is 0 Å². The van der Waals surface area contributed by atoms with E-state index in [1.54, 1.807) is 0 Å². The van der Waals surface area contributed by atoms with Crippen molar-refractivity contribution >= 4 is 22.7 Å². The number of benzene rings is 2. The van der Waals surface area contributed by atoms with Crippen LogP contribution in [0.5, 0.6) is 0 Å². The first-order valence-corrected chi connectivity index (χ1v) is 13.0. The molecule has 2 saturated heterocycles. The van der Waals surface area contributed by atoms with E-state index in [0.29, 0.717) is 19.0 Å². The third kappa shape index (κ3) is 5.09. The molecule has 2 aliphatic heterocycles. The van der Waals surface area contributed by atoms with E-state index >= 15 is 0 Å². The standard InChI is InChI=1S/C30H35N3O2/c1-30(15-20-32(21-16-30)28(34)25-9-3-2-4-10-25)29(35)33-18-7-8-23(14-19-33)22-26-12-5-11-24-13-6-17-31-27(24)26/h2-6,9-13,17,23H,7-8,14-16,18-22H2,1H3/t23-/m0/s1. The Balaban J connectivity index is 1.18. The maximum atomic E-state index is 13.6. The van der Waals surface area contributed by atoms with Crippen LogP contribution in [0.4, 0.5) is 0 Å². The zero-order valence-electron chi connectivity index (χ0n) is 20.7. The van der Waals surface area contributed by atoms with Crippen LogP contribution in [0, 0.1) is 11.3 Å². The number of hydrogen-bond donors (Lipinski definition) is 0. The molecule has 2 amide bonds. The minimum Gasteiger partial charge on any atom is -0.342 e. The molecule has 35 heavy (non-hydrogen) atoms. The molecule has 2 aliphatic rings. The molecule has 5 nitrogen and oxygen atoms in total. The highest BCUT2D eigenvalue weighted by molar-refractivity contribution is 5.94. The van der Waals surface area contributed by atoms with E-state index in [-0.39, 0.29) is 17.2 Å². The van der Waals surface area contributed by atoms with Gasteiger partial charge in [0.25, 0.3) is 5.91 Å². The molecule has 0 N–H and O–H groups in total. The number of carbonyl (C=O) groups excluding carboxylic acids is 2. The van der Waals surface area contributed by atoms with Crippen LogP contribution in [0.15, 0.2) is 66.9 Å². The maximum absolute atomic E-state index is 13.6. The van der Waals surface area contributed by atoms with Crippen molar-refractivity contribution < 1.29 is 9.59 Å². The van der Waals surface area contributed by atoms with Crippen molar-refractivity contribution in [3.8, 4) is 0 Å². The zero-order chi connectivity index (χ0) is 24.3. The number of likely N-dealkylation sites (tertiary alicyclic amines) is 2. The lowest BCUT2D eigenvalue weighted by molar-refractivity contribution is -0.143. The number of para-hydroxylation sites is 1. The Morgan fingerprint density at radius 1 is 0.886 bits per heavy atom. The Kier molecular flexibility index (Phi) is 6.85. The van der Waals surface area contributed by atoms with Gasteiger partial charge in [-0.05, 0) is 68.2 Å². The molecule has 0 unspecified atom stereocenters. The molecule has 2 fully saturated rings. The molecule has 3 heterocycles. The summed E-state index contributed by atoms with van der Waals surface area (Å²) in [7, 11) is 0. The summed E-state index contributed by atoms with van der Waals surface area (Å²) < 4.78 is 0. The van der Waals surface area contributed by atoms with Gasteiger partial charge in [-0.1, -0.05) is 49.4 Å². The van der Waals surface area contributed by atoms with Crippen molar-refractivity contribution in [3.05, 3.63) is 78.0 Å². The van der Waals surface area contributed by atoms with Crippen molar-refractivity contribution in [1.82, 2.24) is 14.8 Å². The number of nitrogens with zero attached hydrogens (tertiary/aromatic N) is 3. The summed E-state index contributed by atoms with van der Waals surface area (Å²) in [4.78, 5) is 35.1. The smallest absolute Gasteiger partial charge is 0.253 e. The van der Waals surface area contributed by atoms with E-state index in [1.807, 2.05) is 47.5 Å². The predicted molar refractivity (Wildman–Crippen MR) is 139 cm³/mol. The molecule has 5 heteroatoms. The van der Waals surface area contributed by atoms with E-state index in [4.69, 9.17) is 0 Å². The van der Waals surface area contributed by atoms with E-state index in [9.17, 15) is 9.59 Å². The number of piperidine rings is 1. The van der Waals surface area contributed by atoms with Crippen LogP contribution in [0.25, 0.3) is 10.9 Å². The van der Waals surface area contributed by atoms with Gasteiger partial charge in [0.05, 0.1) is 5.52 Å². The normalized spacial score (nSPS) is 20.4. The average molecular weight is 470 g/mol. The zero-order valence-corrected chi connectivity index (χ0v) is 20.7. The lowest BCUT2D eigenvalue weighted by atomic mass is 9.78. The summed E-state index contributed by atoms with van der Waals surface area (Å²) in [6, 6.07) is 20.0. The number of hydrogen-bond acceptors (Lipinski definition) is 3. The number of pyridine rings is 1. The molecule has 0 radical (unpaired) electrons. The lowest BCUT2D eigenvalue weighted by Gasteiger charge is -2.41. The number of rotatable bonds is 4. The molecule has 0 aliphatic carbocycles. The van der Waals surface area contributed by atoms with E-state index in [0.717, 1.165) is 62.7 Å². The van der Waals surface area contributed by atoms with Crippen molar-refractivity contribution in [2.45, 2.75) is 45.4 Å². The fraction of sp³-hybridized carbons (Fsp3) is 0.433. The summed E-state index contributed by atoms with van der Waals surface area (Å²) in [6.45, 7) is 5.04. The fourth-order valence-electron chi connectivity index (χ4n) is 5.78. The summed E-state index contributed by atoms with van der Waals surface area (Å²) in [5.74, 6) is 0.913. The van der Waals surface area contributed by atoms with Gasteiger partial charge in [0.15, 0.2) is 0 Å². The largest absolute Gasteiger partial charge is 0.342 e. The van der Waals surface area contributed by atoms with Gasteiger partial charge >= 0.3 is 0 Å². The van der Waals surface area contributed by atoms with Crippen molar-refractivity contribution in [2.24, 2.45) is 11.3 Å². The van der Waals surface area contributed by atoms with Crippen molar-refractivity contribution in [1.29, 1.82) is 0 Å². The first kappa shape index (κ1) is 23.5. The van der Waals surface area contributed by atoms with Crippen LogP contribution in [-0.2, 0) is 11.2 Å². The highest BCUT2D eigenvalue weighted by atomic mass is 16.2. The van der Waals surface area contributed by atoms with Crippen molar-refractivity contribution in [2.75, 3.05) is 26.2 Å². The maximum Gasteiger partial charge on any atom is 0.253 e. The van der Waals surface area contributed by atoms with Gasteiger partial charge in [-0.25, -0.2) is 0 Å². The second kappa shape index (κ2) is 10.2. The molecule has 2 aromatic carbocycles. The second-order valence-electron chi connectivity index (χ2n) is 10.5. The minimum atomic E-state index is -0.382. The fourth-order valence-corrected chi connectivity index (χ4v) is 5.78. The average Bonchev–Trinajstić information content (AvgIpc) is 3.14. The summed E-state index contributed by atoms with van der Waals surface area (Å²) in [6.07, 6.45) is 7.57. The second-order valence-corrected chi connectivity index (χ2v) is 10.5. The first-order valence-electron chi connectivity index (χ1n) is 13.0. The molecule has 0 spiro atoms. The molecular weight excluding hydrogens is 434 g/mol. The van der Waals surface area contributed by atoms with Crippen LogP contribution in [0.3, 0.4) is 0 Å². The van der Waals surface area contributed by atoms with Crippen LogP contribution in [0.2, 0.25) is 0 Å². The molecule has 3 aromatic rings. The predicted octanol–water partition coefficient (Wildman–Crippen LogP) is 5.35. The Labute approximate surface area is 208 Å². The molecule has 0 bridgehead atoms. The van der Waals surface area contributed by atoms with Crippen LogP contribution in [0.1, 0.15) is 54.9 Å². The minimum absolute atomic E-state index is 0.0700. The van der Waals surface area contributed by atoms with Gasteiger partial charge in [-0.15, -0.1) is 0 Å². The number of aromatic nitrogens is 1. The van der Waals surface area contributed by atoms with Gasteiger partial charge in [0.1, 0.15) is 0 Å². The Bertz CT molecular complexity index is 1180. The molecule has 182 valence electrons. The monoisotopic (exact) mass is 469 g/mol. The number of fused-ring (bicyclic) bond motifs is 1. The highest BCUT2D eigenvalue weighted by Crippen LogP contribution is 2.35. The third-order valence-corrected chi connectivity index (χ3v) is 8.05. The first-order chi connectivity index (χ1) is 17.0. The van der Waals surface area contributed by atoms with Crippen LogP contribution in [-0.4, -0.2) is 52.8 Å². The molecular formula is C30H35N3O2. The van der Waals surface area contributed by atoms with Gasteiger partial charge in [0.2, 0.25) is 5.91 Å². The summed E-state index contributed by atoms with van der Waals surface area (Å²) in [5, 5.41) is 1.19. The molecule has 1 aromatic heterocycles. The Hall–Kier alpha value is -3.21. The van der Waals surface area contributed by atoms with Gasteiger partial charge in [0, 0.05) is 48.7 Å². The summed E-state index contributed by atoms with van der Waals surface area (Å²) >= 11 is 0. The lowest BCUT2D eigenvalue weighted by Crippen LogP contribution is -2.50. The third-order valence-electron chi connectivity index (χ3n) is 8.05. The van der Waals surface area contributed by atoms with E-state index in [1.165, 1.54) is 10.9 Å². The highest BCUT2D eigenvalue weighted by Gasteiger charge is 2.41. The van der Waals surface area contributed by atoms with E-state index < -0.39 is 0 Å². The number of carbonyl (C=O) groups is 2. The molecule has 0 saturated carbocycles. The van der Waals surface area contributed by atoms with Crippen LogP contribution >= 0.6 is 0 Å². The molecule has 1 atom stereocenters. The van der Waals surface area contributed by atoms with Crippen molar-refractivity contribution in [3.63, 3.8) is 0 Å². The quantitative estimate of drug-likeness (QED) is 0.518. The topological polar surface area (TPSA) is 53.5 Å². The Morgan fingerprint density at radius 2 is 1.66 bits per heavy atom. The van der Waals surface area contributed by atoms with Gasteiger partial charge in [-0.3, -0.25) is 14.6 Å². The van der Waals surface area contributed by atoms with Gasteiger partial charge < -0.3 is 9.80 Å². The molecule has 5 rings (SSSR count). The van der Waals surface area contributed by atoms with E-state index in [2.05, 4.69) is 41.1 Å². The Morgan fingerprint density at radius 3 is 2.46 bits per heavy atom. The SMILES string of the molecule is CC1(C(=O)N2CCC[C@H](Cc3cccc4cccnc34)CC2)CCN(C(=O)c2ccccc2)CC1. The number of amides is 2. The summed E-state index contributed by atoms with van der Waals surface area (Å²) in [5.41, 5.74) is 2.77.